The number of halogens is 5. The third kappa shape index (κ3) is 5.12. The number of esters is 1. The van der Waals surface area contributed by atoms with Crippen LogP contribution in [0.3, 0.4) is 0 Å². The minimum atomic E-state index is -5.11. The van der Waals surface area contributed by atoms with Gasteiger partial charge in [-0.15, -0.1) is 0 Å². The lowest BCUT2D eigenvalue weighted by molar-refractivity contribution is -0.142. The number of hydrogen-bond acceptors (Lipinski definition) is 5. The summed E-state index contributed by atoms with van der Waals surface area (Å²) >= 11 is 0. The van der Waals surface area contributed by atoms with Gasteiger partial charge in [-0.3, -0.25) is 0 Å². The summed E-state index contributed by atoms with van der Waals surface area (Å²) in [5.41, 5.74) is -4.63. The lowest BCUT2D eigenvalue weighted by Gasteiger charge is -2.18. The van der Waals surface area contributed by atoms with Crippen LogP contribution in [0.5, 0.6) is 0 Å². The first-order valence-corrected chi connectivity index (χ1v) is 7.92. The number of ether oxygens (including phenoxy) is 2. The number of aromatic nitrogens is 1. The Morgan fingerprint density at radius 1 is 1.27 bits per heavy atom. The van der Waals surface area contributed by atoms with Crippen LogP contribution in [0.25, 0.3) is 0 Å². The van der Waals surface area contributed by atoms with E-state index in [0.717, 1.165) is 6.40 Å². The van der Waals surface area contributed by atoms with Gasteiger partial charge in [-0.25, -0.2) is 23.6 Å². The predicted molar refractivity (Wildman–Crippen MR) is 83.9 cm³/mol. The standard InChI is InChI=1S/C16H19F5N2O3/c1-4-7-25-8-22-11-9(5-2)10(15(24)26-6-3)13(16(19,20)21)23-12(11)14(17)18/h8,14H,4-7H2,1-3H3. The van der Waals surface area contributed by atoms with E-state index in [4.69, 9.17) is 4.74 Å². The number of rotatable bonds is 8. The molecule has 1 aromatic heterocycles. The zero-order chi connectivity index (χ0) is 19.9. The van der Waals surface area contributed by atoms with E-state index in [9.17, 15) is 26.7 Å². The van der Waals surface area contributed by atoms with E-state index in [-0.39, 0.29) is 25.2 Å². The van der Waals surface area contributed by atoms with E-state index in [0.29, 0.717) is 6.42 Å². The first-order chi connectivity index (χ1) is 12.2. The third-order valence-electron chi connectivity index (χ3n) is 3.19. The van der Waals surface area contributed by atoms with Crippen molar-refractivity contribution in [3.8, 4) is 0 Å². The molecule has 0 atom stereocenters. The quantitative estimate of drug-likeness (QED) is 0.212. The molecule has 0 N–H and O–H groups in total. The summed E-state index contributed by atoms with van der Waals surface area (Å²) < 4.78 is 76.2. The molecule has 0 radical (unpaired) electrons. The number of alkyl halides is 5. The topological polar surface area (TPSA) is 60.8 Å². The Kier molecular flexibility index (Phi) is 7.91. The van der Waals surface area contributed by atoms with Gasteiger partial charge in [-0.05, 0) is 25.3 Å². The van der Waals surface area contributed by atoms with E-state index in [1.54, 1.807) is 6.92 Å². The maximum absolute atomic E-state index is 13.3. The Labute approximate surface area is 147 Å². The summed E-state index contributed by atoms with van der Waals surface area (Å²) in [5.74, 6) is -1.30. The molecule has 0 aliphatic carbocycles. The minimum absolute atomic E-state index is 0.167. The average Bonchev–Trinajstić information content (AvgIpc) is 2.56. The summed E-state index contributed by atoms with van der Waals surface area (Å²) in [4.78, 5) is 18.8. The minimum Gasteiger partial charge on any atom is -0.483 e. The largest absolute Gasteiger partial charge is 0.483 e. The van der Waals surface area contributed by atoms with Crippen molar-refractivity contribution in [2.75, 3.05) is 13.2 Å². The molecule has 0 saturated heterocycles. The van der Waals surface area contributed by atoms with E-state index in [1.807, 2.05) is 0 Å². The Hall–Kier alpha value is -2.26. The summed E-state index contributed by atoms with van der Waals surface area (Å²) in [6.07, 6.45) is -7.13. The van der Waals surface area contributed by atoms with Gasteiger partial charge in [0.1, 0.15) is 5.69 Å². The lowest BCUT2D eigenvalue weighted by Crippen LogP contribution is -2.21. The van der Waals surface area contributed by atoms with E-state index < -0.39 is 41.2 Å². The highest BCUT2D eigenvalue weighted by Gasteiger charge is 2.41. The summed E-state index contributed by atoms with van der Waals surface area (Å²) in [6, 6.07) is 0. The van der Waals surface area contributed by atoms with E-state index in [2.05, 4.69) is 14.7 Å². The molecule has 0 aliphatic rings. The maximum Gasteiger partial charge on any atom is 0.434 e. The molecular weight excluding hydrogens is 363 g/mol. The molecule has 0 aromatic carbocycles. The van der Waals surface area contributed by atoms with Crippen molar-refractivity contribution in [1.82, 2.24) is 4.98 Å². The Bertz CT molecular complexity index is 660. The van der Waals surface area contributed by atoms with Crippen molar-refractivity contribution in [3.05, 3.63) is 22.5 Å². The van der Waals surface area contributed by atoms with Gasteiger partial charge in [0.05, 0.1) is 24.5 Å². The van der Waals surface area contributed by atoms with Crippen molar-refractivity contribution < 1.29 is 36.2 Å². The molecule has 1 rings (SSSR count). The predicted octanol–water partition coefficient (Wildman–Crippen LogP) is 4.86. The molecule has 0 unspecified atom stereocenters. The van der Waals surface area contributed by atoms with E-state index >= 15 is 0 Å². The van der Waals surface area contributed by atoms with Crippen LogP contribution in [0.4, 0.5) is 27.6 Å². The van der Waals surface area contributed by atoms with Crippen LogP contribution in [0.1, 0.15) is 60.9 Å². The first kappa shape index (κ1) is 21.8. The van der Waals surface area contributed by atoms with Crippen molar-refractivity contribution in [1.29, 1.82) is 0 Å². The van der Waals surface area contributed by atoms with E-state index in [1.165, 1.54) is 13.8 Å². The molecule has 0 fully saturated rings. The zero-order valence-electron chi connectivity index (χ0n) is 14.5. The molecule has 0 bridgehead atoms. The molecule has 10 heteroatoms. The second-order valence-corrected chi connectivity index (χ2v) is 5.03. The highest BCUT2D eigenvalue weighted by molar-refractivity contribution is 5.94. The number of carbonyl (C=O) groups excluding carboxylic acids is 1. The molecule has 5 nitrogen and oxygen atoms in total. The highest BCUT2D eigenvalue weighted by atomic mass is 19.4. The smallest absolute Gasteiger partial charge is 0.434 e. The number of hydrogen-bond donors (Lipinski definition) is 0. The number of aliphatic imine (C=N–C) groups is 1. The fourth-order valence-electron chi connectivity index (χ4n) is 2.17. The SMILES string of the molecule is CCCOC=Nc1c(C(F)F)nc(C(F)(F)F)c(C(=O)OCC)c1CC. The molecule has 0 aliphatic heterocycles. The monoisotopic (exact) mass is 382 g/mol. The lowest BCUT2D eigenvalue weighted by atomic mass is 9.99. The summed E-state index contributed by atoms with van der Waals surface area (Å²) in [7, 11) is 0. The molecule has 146 valence electrons. The first-order valence-electron chi connectivity index (χ1n) is 7.92. The van der Waals surface area contributed by atoms with Crippen molar-refractivity contribution in [2.24, 2.45) is 4.99 Å². The Balaban J connectivity index is 3.73. The average molecular weight is 382 g/mol. The molecule has 1 heterocycles. The Morgan fingerprint density at radius 2 is 1.92 bits per heavy atom. The molecule has 26 heavy (non-hydrogen) atoms. The van der Waals surface area contributed by atoms with Gasteiger partial charge in [0, 0.05) is 0 Å². The fourth-order valence-corrected chi connectivity index (χ4v) is 2.17. The fraction of sp³-hybridized carbons (Fsp3) is 0.562. The number of pyridine rings is 1. The van der Waals surface area contributed by atoms with Crippen LogP contribution < -0.4 is 0 Å². The van der Waals surface area contributed by atoms with Crippen LogP contribution in [0.15, 0.2) is 4.99 Å². The van der Waals surface area contributed by atoms with Crippen LogP contribution in [-0.4, -0.2) is 30.6 Å². The van der Waals surface area contributed by atoms with Gasteiger partial charge in [0.2, 0.25) is 0 Å². The Morgan fingerprint density at radius 3 is 2.38 bits per heavy atom. The van der Waals surface area contributed by atoms with Gasteiger partial charge in [-0.1, -0.05) is 13.8 Å². The van der Waals surface area contributed by atoms with Crippen molar-refractivity contribution in [2.45, 2.75) is 46.2 Å². The number of nitrogens with zero attached hydrogens (tertiary/aromatic N) is 2. The molecule has 0 saturated carbocycles. The number of carbonyl (C=O) groups is 1. The van der Waals surface area contributed by atoms with Crippen molar-refractivity contribution >= 4 is 18.1 Å². The summed E-state index contributed by atoms with van der Waals surface area (Å²) in [5, 5.41) is 0. The van der Waals surface area contributed by atoms with Gasteiger partial charge < -0.3 is 9.47 Å². The molecule has 1 aromatic rings. The third-order valence-corrected chi connectivity index (χ3v) is 3.19. The molecular formula is C16H19F5N2O3. The van der Waals surface area contributed by atoms with Gasteiger partial charge >= 0.3 is 12.1 Å². The molecule has 0 spiro atoms. The van der Waals surface area contributed by atoms with Gasteiger partial charge in [0.25, 0.3) is 6.43 Å². The molecule has 0 amide bonds. The van der Waals surface area contributed by atoms with Gasteiger partial charge in [-0.2, -0.15) is 13.2 Å². The second kappa shape index (κ2) is 9.44. The second-order valence-electron chi connectivity index (χ2n) is 5.03. The van der Waals surface area contributed by atoms with Crippen LogP contribution in [0, 0.1) is 0 Å². The maximum atomic E-state index is 13.3. The van der Waals surface area contributed by atoms with Gasteiger partial charge in [0.15, 0.2) is 12.1 Å². The van der Waals surface area contributed by atoms with Crippen molar-refractivity contribution in [3.63, 3.8) is 0 Å². The van der Waals surface area contributed by atoms with Crippen LogP contribution >= 0.6 is 0 Å². The highest BCUT2D eigenvalue weighted by Crippen LogP contribution is 2.40. The summed E-state index contributed by atoms with van der Waals surface area (Å²) in [6.45, 7) is 4.69. The normalized spacial score (nSPS) is 12.0. The van der Waals surface area contributed by atoms with Crippen LogP contribution in [-0.2, 0) is 22.1 Å². The zero-order valence-corrected chi connectivity index (χ0v) is 14.5. The van der Waals surface area contributed by atoms with Crippen LogP contribution in [0.2, 0.25) is 0 Å².